The Balaban J connectivity index is 1.96. The first-order valence-electron chi connectivity index (χ1n) is 7.46. The standard InChI is InChI=1S/C18H15N3O3S/c1-2-9-21-16(22)15(11-13-7-4-8-19-13)25-18(21)20-14-6-3-5-12(10-14)17(23)24/h2-8,10-11,19H,1,9H2,(H,23,24)/b15-11+,20-18?. The molecule has 1 fully saturated rings. The summed E-state index contributed by atoms with van der Waals surface area (Å²) in [6.45, 7) is 4.00. The smallest absolute Gasteiger partial charge is 0.335 e. The molecule has 0 saturated carbocycles. The van der Waals surface area contributed by atoms with E-state index in [1.54, 1.807) is 30.5 Å². The van der Waals surface area contributed by atoms with Gasteiger partial charge in [-0.3, -0.25) is 9.69 Å². The number of aromatic carboxylic acids is 1. The van der Waals surface area contributed by atoms with Crippen molar-refractivity contribution in [3.8, 4) is 0 Å². The zero-order valence-corrected chi connectivity index (χ0v) is 14.0. The van der Waals surface area contributed by atoms with E-state index in [2.05, 4.69) is 16.6 Å². The molecule has 0 unspecified atom stereocenters. The number of rotatable bonds is 5. The summed E-state index contributed by atoms with van der Waals surface area (Å²) in [7, 11) is 0. The van der Waals surface area contributed by atoms with Gasteiger partial charge in [0.25, 0.3) is 5.91 Å². The minimum Gasteiger partial charge on any atom is -0.478 e. The molecule has 3 rings (SSSR count). The number of carbonyl (C=O) groups is 2. The maximum atomic E-state index is 12.6. The number of H-pyrrole nitrogens is 1. The Labute approximate surface area is 148 Å². The topological polar surface area (TPSA) is 85.8 Å². The van der Waals surface area contributed by atoms with Gasteiger partial charge in [0.2, 0.25) is 0 Å². The summed E-state index contributed by atoms with van der Waals surface area (Å²) >= 11 is 1.25. The van der Waals surface area contributed by atoms with Crippen LogP contribution in [0.5, 0.6) is 0 Å². The number of benzene rings is 1. The lowest BCUT2D eigenvalue weighted by atomic mass is 10.2. The Morgan fingerprint density at radius 1 is 1.36 bits per heavy atom. The van der Waals surface area contributed by atoms with Crippen LogP contribution in [0.25, 0.3) is 6.08 Å². The van der Waals surface area contributed by atoms with E-state index in [-0.39, 0.29) is 11.5 Å². The van der Waals surface area contributed by atoms with E-state index in [9.17, 15) is 9.59 Å². The highest BCUT2D eigenvalue weighted by atomic mass is 32.2. The van der Waals surface area contributed by atoms with Crippen LogP contribution in [0.3, 0.4) is 0 Å². The van der Waals surface area contributed by atoms with Crippen LogP contribution in [0.2, 0.25) is 0 Å². The van der Waals surface area contributed by atoms with Gasteiger partial charge in [-0.05, 0) is 48.2 Å². The van der Waals surface area contributed by atoms with Crippen LogP contribution >= 0.6 is 11.8 Å². The summed E-state index contributed by atoms with van der Waals surface area (Å²) in [4.78, 5) is 33.2. The van der Waals surface area contributed by atoms with Gasteiger partial charge in [0.1, 0.15) is 0 Å². The summed E-state index contributed by atoms with van der Waals surface area (Å²) in [5.74, 6) is -1.18. The van der Waals surface area contributed by atoms with E-state index in [1.165, 1.54) is 28.8 Å². The largest absolute Gasteiger partial charge is 0.478 e. The number of thioether (sulfide) groups is 1. The number of aromatic nitrogens is 1. The Bertz CT molecular complexity index is 885. The first kappa shape index (κ1) is 16.8. The molecule has 0 spiro atoms. The number of aromatic amines is 1. The highest BCUT2D eigenvalue weighted by Crippen LogP contribution is 2.34. The maximum Gasteiger partial charge on any atom is 0.335 e. The van der Waals surface area contributed by atoms with E-state index in [4.69, 9.17) is 5.11 Å². The number of hydrogen-bond acceptors (Lipinski definition) is 4. The van der Waals surface area contributed by atoms with Crippen molar-refractivity contribution in [1.82, 2.24) is 9.88 Å². The third kappa shape index (κ3) is 3.72. The van der Waals surface area contributed by atoms with Crippen molar-refractivity contribution in [2.45, 2.75) is 0 Å². The normalized spacial score (nSPS) is 17.4. The van der Waals surface area contributed by atoms with Crippen molar-refractivity contribution in [2.24, 2.45) is 4.99 Å². The number of carboxylic acid groups (broad SMARTS) is 1. The first-order valence-corrected chi connectivity index (χ1v) is 8.28. The summed E-state index contributed by atoms with van der Waals surface area (Å²) < 4.78 is 0. The fourth-order valence-corrected chi connectivity index (χ4v) is 3.27. The van der Waals surface area contributed by atoms with Crippen LogP contribution < -0.4 is 0 Å². The van der Waals surface area contributed by atoms with E-state index in [0.29, 0.717) is 22.3 Å². The number of carboxylic acids is 1. The number of hydrogen-bond donors (Lipinski definition) is 2. The lowest BCUT2D eigenvalue weighted by Gasteiger charge is -2.12. The molecule has 7 heteroatoms. The van der Waals surface area contributed by atoms with Gasteiger partial charge >= 0.3 is 5.97 Å². The second-order valence-corrected chi connectivity index (χ2v) is 6.20. The molecule has 6 nitrogen and oxygen atoms in total. The molecule has 1 aliphatic rings. The van der Waals surface area contributed by atoms with Gasteiger partial charge in [-0.25, -0.2) is 9.79 Å². The first-order chi connectivity index (χ1) is 12.1. The predicted octanol–water partition coefficient (Wildman–Crippen LogP) is 3.50. The van der Waals surface area contributed by atoms with Crippen LogP contribution in [0.1, 0.15) is 16.1 Å². The zero-order valence-electron chi connectivity index (χ0n) is 13.2. The number of nitrogens with zero attached hydrogens (tertiary/aromatic N) is 2. The van der Waals surface area contributed by atoms with E-state index < -0.39 is 5.97 Å². The molecule has 0 aliphatic carbocycles. The fourth-order valence-electron chi connectivity index (χ4n) is 2.28. The highest BCUT2D eigenvalue weighted by molar-refractivity contribution is 8.18. The quantitative estimate of drug-likeness (QED) is 0.636. The summed E-state index contributed by atoms with van der Waals surface area (Å²) in [6.07, 6.45) is 5.17. The van der Waals surface area contributed by atoms with E-state index in [0.717, 1.165) is 5.69 Å². The molecule has 1 amide bonds. The van der Waals surface area contributed by atoms with Gasteiger partial charge in [-0.15, -0.1) is 6.58 Å². The SMILES string of the molecule is C=CCN1C(=O)/C(=C\c2ccc[nH]2)SC1=Nc1cccc(C(=O)O)c1. The van der Waals surface area contributed by atoms with Crippen molar-refractivity contribution in [2.75, 3.05) is 6.54 Å². The average Bonchev–Trinajstić information content (AvgIpc) is 3.20. The molecule has 1 aromatic heterocycles. The number of amidine groups is 1. The van der Waals surface area contributed by atoms with Crippen LogP contribution in [0.15, 0.2) is 65.1 Å². The molecular weight excluding hydrogens is 338 g/mol. The lowest BCUT2D eigenvalue weighted by Crippen LogP contribution is -2.29. The van der Waals surface area contributed by atoms with Crippen LogP contribution in [-0.2, 0) is 4.79 Å². The fraction of sp³-hybridized carbons (Fsp3) is 0.0556. The predicted molar refractivity (Wildman–Crippen MR) is 98.8 cm³/mol. The maximum absolute atomic E-state index is 12.6. The summed E-state index contributed by atoms with van der Waals surface area (Å²) in [5, 5.41) is 9.58. The molecular formula is C18H15N3O3S. The molecule has 2 heterocycles. The second kappa shape index (κ2) is 7.23. The summed E-state index contributed by atoms with van der Waals surface area (Å²) in [5.41, 5.74) is 1.45. The Morgan fingerprint density at radius 3 is 2.88 bits per heavy atom. The van der Waals surface area contributed by atoms with Gasteiger partial charge in [-0.1, -0.05) is 12.1 Å². The van der Waals surface area contributed by atoms with Crippen LogP contribution in [-0.4, -0.2) is 38.6 Å². The van der Waals surface area contributed by atoms with E-state index in [1.807, 2.05) is 12.1 Å². The van der Waals surface area contributed by atoms with Crippen LogP contribution in [0, 0.1) is 0 Å². The number of nitrogens with one attached hydrogen (secondary N) is 1. The van der Waals surface area contributed by atoms with Crippen molar-refractivity contribution >= 4 is 40.6 Å². The van der Waals surface area contributed by atoms with Gasteiger partial charge in [0.05, 0.1) is 16.2 Å². The van der Waals surface area contributed by atoms with Crippen molar-refractivity contribution < 1.29 is 14.7 Å². The third-order valence-electron chi connectivity index (χ3n) is 3.43. The molecule has 0 radical (unpaired) electrons. The molecule has 2 aromatic rings. The Hall–Kier alpha value is -3.06. The van der Waals surface area contributed by atoms with Crippen molar-refractivity contribution in [3.05, 3.63) is 71.4 Å². The molecule has 126 valence electrons. The Morgan fingerprint density at radius 2 is 2.20 bits per heavy atom. The van der Waals surface area contributed by atoms with Gasteiger partial charge in [0, 0.05) is 18.4 Å². The number of aliphatic imine (C=N–C) groups is 1. The number of carbonyl (C=O) groups excluding carboxylic acids is 1. The minimum atomic E-state index is -1.02. The molecule has 2 N–H and O–H groups in total. The van der Waals surface area contributed by atoms with Crippen LogP contribution in [0.4, 0.5) is 5.69 Å². The van der Waals surface area contributed by atoms with Gasteiger partial charge < -0.3 is 10.1 Å². The van der Waals surface area contributed by atoms with Crippen molar-refractivity contribution in [1.29, 1.82) is 0 Å². The van der Waals surface area contributed by atoms with E-state index >= 15 is 0 Å². The molecule has 1 saturated heterocycles. The summed E-state index contributed by atoms with van der Waals surface area (Å²) in [6, 6.07) is 10.0. The second-order valence-electron chi connectivity index (χ2n) is 5.19. The zero-order chi connectivity index (χ0) is 17.8. The highest BCUT2D eigenvalue weighted by Gasteiger charge is 2.32. The third-order valence-corrected chi connectivity index (χ3v) is 4.43. The van der Waals surface area contributed by atoms with Crippen molar-refractivity contribution in [3.63, 3.8) is 0 Å². The van der Waals surface area contributed by atoms with Gasteiger partial charge in [0.15, 0.2) is 5.17 Å². The monoisotopic (exact) mass is 353 g/mol. The Kier molecular flexibility index (Phi) is 4.85. The molecule has 1 aromatic carbocycles. The molecule has 0 bridgehead atoms. The molecule has 25 heavy (non-hydrogen) atoms. The average molecular weight is 353 g/mol. The lowest BCUT2D eigenvalue weighted by molar-refractivity contribution is -0.121. The minimum absolute atomic E-state index is 0.147. The molecule has 0 atom stereocenters. The molecule has 1 aliphatic heterocycles. The number of amides is 1. The van der Waals surface area contributed by atoms with Gasteiger partial charge in [-0.2, -0.15) is 0 Å².